The van der Waals surface area contributed by atoms with E-state index < -0.39 is 11.8 Å². The minimum atomic E-state index is -0.974. The summed E-state index contributed by atoms with van der Waals surface area (Å²) in [5.74, 6) is -1.47. The van der Waals surface area contributed by atoms with Gasteiger partial charge in [0.2, 0.25) is 5.79 Å². The third-order valence-corrected chi connectivity index (χ3v) is 1.89. The van der Waals surface area contributed by atoms with Gasteiger partial charge in [-0.25, -0.2) is 4.79 Å². The van der Waals surface area contributed by atoms with E-state index in [0.717, 1.165) is 0 Å². The lowest BCUT2D eigenvalue weighted by molar-refractivity contribution is -0.207. The van der Waals surface area contributed by atoms with E-state index in [1.54, 1.807) is 27.7 Å². The fourth-order valence-corrected chi connectivity index (χ4v) is 1.35. The predicted octanol–water partition coefficient (Wildman–Crippen LogP) is 1.55. The maximum Gasteiger partial charge on any atom is 0.348 e. The normalized spacial score (nSPS) is 20.1. The minimum absolute atomic E-state index is 0.0341. The molecule has 0 aromatic carbocycles. The van der Waals surface area contributed by atoms with Crippen molar-refractivity contribution in [2.45, 2.75) is 39.9 Å². The van der Waals surface area contributed by atoms with Crippen molar-refractivity contribution in [1.82, 2.24) is 0 Å². The monoisotopic (exact) mass is 198 g/mol. The van der Waals surface area contributed by atoms with Crippen LogP contribution in [-0.4, -0.2) is 17.5 Å². The first kappa shape index (κ1) is 10.8. The van der Waals surface area contributed by atoms with Crippen LogP contribution in [0.2, 0.25) is 0 Å². The van der Waals surface area contributed by atoms with Crippen LogP contribution in [0.5, 0.6) is 0 Å². The fraction of sp³-hybridized carbons (Fsp3) is 0.600. The Morgan fingerprint density at radius 1 is 1.36 bits per heavy atom. The van der Waals surface area contributed by atoms with Gasteiger partial charge >= 0.3 is 5.97 Å². The lowest BCUT2D eigenvalue weighted by Gasteiger charge is -2.31. The highest BCUT2D eigenvalue weighted by Crippen LogP contribution is 2.26. The number of cyclic esters (lactones) is 1. The molecule has 1 aliphatic heterocycles. The molecule has 1 heterocycles. The molecule has 0 amide bonds. The Kier molecular flexibility index (Phi) is 2.64. The van der Waals surface area contributed by atoms with Crippen molar-refractivity contribution in [1.29, 1.82) is 0 Å². The first-order chi connectivity index (χ1) is 6.37. The molecular formula is C10H14O4. The second-order valence-electron chi connectivity index (χ2n) is 3.60. The van der Waals surface area contributed by atoms with Crippen molar-refractivity contribution >= 4 is 11.8 Å². The summed E-state index contributed by atoms with van der Waals surface area (Å²) in [5, 5.41) is 0. The summed E-state index contributed by atoms with van der Waals surface area (Å²) in [6.45, 7) is 6.55. The molecule has 0 fully saturated rings. The van der Waals surface area contributed by atoms with Crippen LogP contribution in [0.4, 0.5) is 0 Å². The molecule has 0 spiro atoms. The number of hydrogen-bond acceptors (Lipinski definition) is 4. The summed E-state index contributed by atoms with van der Waals surface area (Å²) in [6.07, 6.45) is 0.269. The summed E-state index contributed by atoms with van der Waals surface area (Å²) in [6, 6.07) is 0. The van der Waals surface area contributed by atoms with E-state index >= 15 is 0 Å². The minimum Gasteiger partial charge on any atom is -0.456 e. The third-order valence-electron chi connectivity index (χ3n) is 1.89. The lowest BCUT2D eigenvalue weighted by atomic mass is 10.1. The molecule has 0 unspecified atom stereocenters. The van der Waals surface area contributed by atoms with Crippen LogP contribution in [0.3, 0.4) is 0 Å². The van der Waals surface area contributed by atoms with Gasteiger partial charge in [0.05, 0.1) is 0 Å². The van der Waals surface area contributed by atoms with Gasteiger partial charge in [0.15, 0.2) is 5.78 Å². The van der Waals surface area contributed by atoms with Crippen LogP contribution in [0, 0.1) is 0 Å². The molecule has 0 N–H and O–H groups in total. The van der Waals surface area contributed by atoms with E-state index in [1.165, 1.54) is 0 Å². The van der Waals surface area contributed by atoms with Crippen LogP contribution in [-0.2, 0) is 19.1 Å². The molecular weight excluding hydrogens is 184 g/mol. The number of ketones is 1. The van der Waals surface area contributed by atoms with E-state index in [-0.39, 0.29) is 17.8 Å². The topological polar surface area (TPSA) is 52.6 Å². The number of hydrogen-bond donors (Lipinski definition) is 0. The standard InChI is InChI=1S/C10H14O4/c1-5-7(11)8-6(2)13-10(3,4)14-9(8)12/h5H2,1-4H3. The SMILES string of the molecule is CCC(=O)C1=C(C)OC(C)(C)OC1=O. The van der Waals surface area contributed by atoms with Crippen LogP contribution >= 0.6 is 0 Å². The number of allylic oxidation sites excluding steroid dienone is 1. The van der Waals surface area contributed by atoms with E-state index in [1.807, 2.05) is 0 Å². The van der Waals surface area contributed by atoms with Gasteiger partial charge < -0.3 is 9.47 Å². The van der Waals surface area contributed by atoms with Crippen LogP contribution in [0.1, 0.15) is 34.1 Å². The Morgan fingerprint density at radius 2 is 1.93 bits per heavy atom. The molecule has 1 aliphatic rings. The highest BCUT2D eigenvalue weighted by Gasteiger charge is 2.36. The molecule has 0 aromatic heterocycles. The third kappa shape index (κ3) is 1.95. The highest BCUT2D eigenvalue weighted by atomic mass is 16.7. The largest absolute Gasteiger partial charge is 0.456 e. The van der Waals surface area contributed by atoms with Crippen molar-refractivity contribution in [3.05, 3.63) is 11.3 Å². The highest BCUT2D eigenvalue weighted by molar-refractivity contribution is 6.17. The average molecular weight is 198 g/mol. The molecule has 0 aliphatic carbocycles. The number of esters is 1. The Morgan fingerprint density at radius 3 is 2.36 bits per heavy atom. The van der Waals surface area contributed by atoms with E-state index in [4.69, 9.17) is 9.47 Å². The molecule has 0 saturated carbocycles. The van der Waals surface area contributed by atoms with Crippen molar-refractivity contribution in [3.63, 3.8) is 0 Å². The molecule has 0 radical (unpaired) electrons. The molecule has 4 nitrogen and oxygen atoms in total. The first-order valence-electron chi connectivity index (χ1n) is 4.54. The van der Waals surface area contributed by atoms with Crippen molar-refractivity contribution in [2.24, 2.45) is 0 Å². The summed E-state index contributed by atoms with van der Waals surface area (Å²) in [5.41, 5.74) is 0.0341. The van der Waals surface area contributed by atoms with Gasteiger partial charge in [-0.2, -0.15) is 0 Å². The number of rotatable bonds is 2. The molecule has 78 valence electrons. The van der Waals surface area contributed by atoms with Gasteiger partial charge in [0, 0.05) is 20.3 Å². The van der Waals surface area contributed by atoms with Gasteiger partial charge in [0.25, 0.3) is 0 Å². The van der Waals surface area contributed by atoms with Gasteiger partial charge in [0.1, 0.15) is 11.3 Å². The van der Waals surface area contributed by atoms with Gasteiger partial charge in [-0.15, -0.1) is 0 Å². The molecule has 14 heavy (non-hydrogen) atoms. The van der Waals surface area contributed by atoms with Crippen molar-refractivity contribution < 1.29 is 19.1 Å². The number of ether oxygens (including phenoxy) is 2. The summed E-state index contributed by atoms with van der Waals surface area (Å²) >= 11 is 0. The fourth-order valence-electron chi connectivity index (χ4n) is 1.35. The van der Waals surface area contributed by atoms with Gasteiger partial charge in [-0.3, -0.25) is 4.79 Å². The molecule has 0 bridgehead atoms. The summed E-state index contributed by atoms with van der Waals surface area (Å²) in [4.78, 5) is 22.8. The quantitative estimate of drug-likeness (QED) is 0.499. The first-order valence-corrected chi connectivity index (χ1v) is 4.54. The molecule has 1 rings (SSSR count). The van der Waals surface area contributed by atoms with Crippen molar-refractivity contribution in [3.8, 4) is 0 Å². The smallest absolute Gasteiger partial charge is 0.348 e. The van der Waals surface area contributed by atoms with Gasteiger partial charge in [-0.05, 0) is 6.92 Å². The Balaban J connectivity index is 3.05. The van der Waals surface area contributed by atoms with Gasteiger partial charge in [-0.1, -0.05) is 6.92 Å². The Bertz CT molecular complexity index is 312. The maximum atomic E-state index is 11.4. The lowest BCUT2D eigenvalue weighted by Crippen LogP contribution is -2.38. The van der Waals surface area contributed by atoms with Crippen LogP contribution in [0.25, 0.3) is 0 Å². The number of carbonyl (C=O) groups excluding carboxylic acids is 2. The number of Topliss-reactive ketones (excluding diaryl/α,β-unsaturated/α-hetero) is 1. The molecule has 0 aromatic rings. The second-order valence-corrected chi connectivity index (χ2v) is 3.60. The molecule has 4 heteroatoms. The van der Waals surface area contributed by atoms with E-state index in [2.05, 4.69) is 0 Å². The summed E-state index contributed by atoms with van der Waals surface area (Å²) in [7, 11) is 0. The molecule has 0 saturated heterocycles. The summed E-state index contributed by atoms with van der Waals surface area (Å²) < 4.78 is 10.2. The van der Waals surface area contributed by atoms with Crippen molar-refractivity contribution in [2.75, 3.05) is 0 Å². The van der Waals surface area contributed by atoms with E-state index in [9.17, 15) is 9.59 Å². The Labute approximate surface area is 82.9 Å². The van der Waals surface area contributed by atoms with Crippen LogP contribution in [0.15, 0.2) is 11.3 Å². The second kappa shape index (κ2) is 3.44. The molecule has 0 atom stereocenters. The average Bonchev–Trinajstić information content (AvgIpc) is 1.99. The number of carbonyl (C=O) groups is 2. The zero-order chi connectivity index (χ0) is 10.9. The Hall–Kier alpha value is -1.32. The zero-order valence-corrected chi connectivity index (χ0v) is 8.84. The maximum absolute atomic E-state index is 11.4. The predicted molar refractivity (Wildman–Crippen MR) is 49.3 cm³/mol. The zero-order valence-electron chi connectivity index (χ0n) is 8.84. The van der Waals surface area contributed by atoms with E-state index in [0.29, 0.717) is 5.76 Å². The van der Waals surface area contributed by atoms with Crippen LogP contribution < -0.4 is 0 Å².